The molecule has 1 aliphatic heterocycles. The number of rotatable bonds is 10. The van der Waals surface area contributed by atoms with Crippen molar-refractivity contribution in [3.05, 3.63) is 90.2 Å². The van der Waals surface area contributed by atoms with Crippen molar-refractivity contribution in [1.29, 1.82) is 0 Å². The molecule has 13 nitrogen and oxygen atoms in total. The maximum absolute atomic E-state index is 15.7. The van der Waals surface area contributed by atoms with E-state index in [9.17, 15) is 14.7 Å². The number of benzene rings is 1. The molecule has 0 radical (unpaired) electrons. The molecular formula is C34H32ClFN9O4+. The first-order valence-electron chi connectivity index (χ1n) is 16.0. The van der Waals surface area contributed by atoms with Crippen LogP contribution >= 0.6 is 11.6 Å². The van der Waals surface area contributed by atoms with Gasteiger partial charge in [-0.05, 0) is 77.9 Å². The van der Waals surface area contributed by atoms with Gasteiger partial charge in [-0.3, -0.25) is 24.1 Å². The highest BCUT2D eigenvalue weighted by Gasteiger charge is 2.60. The summed E-state index contributed by atoms with van der Waals surface area (Å²) in [6.07, 6.45) is 13.2. The van der Waals surface area contributed by atoms with Gasteiger partial charge in [-0.15, -0.1) is 5.10 Å². The van der Waals surface area contributed by atoms with Gasteiger partial charge in [0.15, 0.2) is 5.82 Å². The van der Waals surface area contributed by atoms with Gasteiger partial charge in [0.2, 0.25) is 12.1 Å². The maximum atomic E-state index is 15.7. The van der Waals surface area contributed by atoms with E-state index in [2.05, 4.69) is 20.5 Å². The standard InChI is InChI=1S/C34H31ClFN9O4/c1-49-45-16-21(30-28(44-19-38-40-41-44)5-3-26(35)31(30)36)2-4-27(45)29(43-15-23(14-39-43)20-6-10-37-11-7-20)13-22-12-24(22)32(46)42-17-25(33(47)48)34(18-42)8-9-34/h2-7,10-11,14-16,19,22,24-25,29H,8-9,12-13,17-18H2,1H3/p+1. The number of halogens is 2. The van der Waals surface area contributed by atoms with Gasteiger partial charge in [0.05, 0.1) is 34.0 Å². The molecule has 1 amide bonds. The molecular weight excluding hydrogens is 653 g/mol. The number of pyridine rings is 2. The van der Waals surface area contributed by atoms with Crippen LogP contribution in [0.5, 0.6) is 0 Å². The number of carboxylic acid groups (broad SMARTS) is 1. The first-order valence-corrected chi connectivity index (χ1v) is 16.4. The molecule has 250 valence electrons. The fourth-order valence-corrected chi connectivity index (χ4v) is 7.53. The van der Waals surface area contributed by atoms with Crippen LogP contribution in [-0.2, 0) is 9.59 Å². The van der Waals surface area contributed by atoms with Crippen LogP contribution in [0, 0.1) is 29.0 Å². The van der Waals surface area contributed by atoms with Gasteiger partial charge in [0, 0.05) is 59.4 Å². The highest BCUT2D eigenvalue weighted by Crippen LogP contribution is 2.57. The van der Waals surface area contributed by atoms with Crippen molar-refractivity contribution < 1.29 is 28.7 Å². The minimum Gasteiger partial charge on any atom is -0.481 e. The summed E-state index contributed by atoms with van der Waals surface area (Å²) in [4.78, 5) is 37.3. The number of nitrogens with zero attached hydrogens (tertiary/aromatic N) is 9. The number of tetrazole rings is 1. The van der Waals surface area contributed by atoms with Crippen LogP contribution in [0.25, 0.3) is 27.9 Å². The lowest BCUT2D eigenvalue weighted by molar-refractivity contribution is -0.891. The molecule has 2 aliphatic carbocycles. The summed E-state index contributed by atoms with van der Waals surface area (Å²) in [5.41, 5.74) is 3.39. The lowest BCUT2D eigenvalue weighted by Crippen LogP contribution is -2.46. The summed E-state index contributed by atoms with van der Waals surface area (Å²) < 4.78 is 20.5. The Morgan fingerprint density at radius 2 is 1.96 bits per heavy atom. The predicted octanol–water partition coefficient (Wildman–Crippen LogP) is 3.67. The van der Waals surface area contributed by atoms with Gasteiger partial charge in [-0.25, -0.2) is 4.39 Å². The van der Waals surface area contributed by atoms with Gasteiger partial charge in [-0.1, -0.05) is 11.6 Å². The highest BCUT2D eigenvalue weighted by atomic mass is 35.5. The van der Waals surface area contributed by atoms with Crippen LogP contribution < -0.4 is 9.57 Å². The number of aliphatic carboxylic acids is 1. The summed E-state index contributed by atoms with van der Waals surface area (Å²) in [5.74, 6) is -2.07. The predicted molar refractivity (Wildman–Crippen MR) is 171 cm³/mol. The van der Waals surface area contributed by atoms with Crippen LogP contribution in [0.1, 0.15) is 37.4 Å². The Balaban J connectivity index is 1.13. The van der Waals surface area contributed by atoms with E-state index in [0.717, 1.165) is 29.7 Å². The van der Waals surface area contributed by atoms with Crippen LogP contribution in [0.2, 0.25) is 5.02 Å². The molecule has 1 saturated heterocycles. The third kappa shape index (κ3) is 5.59. The van der Waals surface area contributed by atoms with Crippen LogP contribution in [-0.4, -0.2) is 77.1 Å². The zero-order chi connectivity index (χ0) is 33.9. The van der Waals surface area contributed by atoms with Crippen LogP contribution in [0.4, 0.5) is 4.39 Å². The highest BCUT2D eigenvalue weighted by molar-refractivity contribution is 6.31. The van der Waals surface area contributed by atoms with Gasteiger partial charge in [0.25, 0.3) is 5.69 Å². The second kappa shape index (κ2) is 12.0. The first kappa shape index (κ1) is 31.1. The van der Waals surface area contributed by atoms with E-state index in [1.165, 1.54) is 24.2 Å². The Hall–Kier alpha value is -5.24. The number of carbonyl (C=O) groups excluding carboxylic acids is 1. The van der Waals surface area contributed by atoms with Gasteiger partial charge >= 0.3 is 5.97 Å². The minimum absolute atomic E-state index is 0.0262. The molecule has 1 aromatic carbocycles. The molecule has 4 aromatic heterocycles. The monoisotopic (exact) mass is 684 g/mol. The van der Waals surface area contributed by atoms with Crippen LogP contribution in [0.15, 0.2) is 73.7 Å². The molecule has 8 rings (SSSR count). The summed E-state index contributed by atoms with van der Waals surface area (Å²) in [6.45, 7) is 0.787. The SMILES string of the molecule is CO[n+]1cc(-c2c(-n3cnnn3)ccc(Cl)c2F)ccc1C(CC1CC1C(=O)N1CC(C(=O)O)C2(CC2)C1)n1cc(-c2ccncc2)cn1. The minimum atomic E-state index is -0.820. The molecule has 49 heavy (non-hydrogen) atoms. The Morgan fingerprint density at radius 1 is 1.14 bits per heavy atom. The lowest BCUT2D eigenvalue weighted by atomic mass is 9.93. The number of aromatic nitrogens is 8. The molecule has 1 N–H and O–H groups in total. The van der Waals surface area contributed by atoms with E-state index in [1.807, 2.05) is 29.1 Å². The van der Waals surface area contributed by atoms with E-state index in [0.29, 0.717) is 30.6 Å². The molecule has 5 aromatic rings. The Labute approximate surface area is 284 Å². The molecule has 3 aliphatic rings. The van der Waals surface area contributed by atoms with E-state index in [1.54, 1.807) is 46.6 Å². The van der Waals surface area contributed by atoms with Crippen molar-refractivity contribution in [2.45, 2.75) is 31.7 Å². The maximum Gasteiger partial charge on any atom is 0.308 e. The Bertz CT molecular complexity index is 2050. The van der Waals surface area contributed by atoms with E-state index < -0.39 is 17.7 Å². The molecule has 2 saturated carbocycles. The summed E-state index contributed by atoms with van der Waals surface area (Å²) >= 11 is 6.23. The fraction of sp³-hybridized carbons (Fsp3) is 0.353. The zero-order valence-corrected chi connectivity index (χ0v) is 27.2. The second-order valence-corrected chi connectivity index (χ2v) is 13.5. The Morgan fingerprint density at radius 3 is 2.65 bits per heavy atom. The average molecular weight is 685 g/mol. The third-order valence-corrected chi connectivity index (χ3v) is 10.6. The van der Waals surface area contributed by atoms with Crippen molar-refractivity contribution in [1.82, 2.24) is 39.9 Å². The first-order chi connectivity index (χ1) is 23.8. The lowest BCUT2D eigenvalue weighted by Gasteiger charge is -2.18. The van der Waals surface area contributed by atoms with Crippen molar-refractivity contribution in [2.75, 3.05) is 20.2 Å². The molecule has 0 bridgehead atoms. The molecule has 1 spiro atoms. The molecule has 4 unspecified atom stereocenters. The number of amides is 1. The molecule has 5 heterocycles. The normalized spacial score (nSPS) is 21.1. The largest absolute Gasteiger partial charge is 0.481 e. The van der Waals surface area contributed by atoms with Crippen molar-refractivity contribution >= 4 is 23.5 Å². The molecule has 4 atom stereocenters. The average Bonchev–Trinajstić information content (AvgIpc) is 3.81. The van der Waals surface area contributed by atoms with E-state index in [-0.39, 0.29) is 46.3 Å². The smallest absolute Gasteiger partial charge is 0.308 e. The fourth-order valence-electron chi connectivity index (χ4n) is 7.38. The van der Waals surface area contributed by atoms with E-state index >= 15 is 4.39 Å². The number of hydrogen-bond donors (Lipinski definition) is 1. The van der Waals surface area contributed by atoms with Crippen molar-refractivity contribution in [2.24, 2.45) is 23.2 Å². The van der Waals surface area contributed by atoms with Crippen molar-refractivity contribution in [3.8, 4) is 27.9 Å². The summed E-state index contributed by atoms with van der Waals surface area (Å²) in [5, 5.41) is 25.8. The second-order valence-electron chi connectivity index (χ2n) is 13.1. The number of hydrogen-bond acceptors (Lipinski definition) is 8. The van der Waals surface area contributed by atoms with Crippen LogP contribution in [0.3, 0.4) is 0 Å². The quantitative estimate of drug-likeness (QED) is 0.218. The zero-order valence-electron chi connectivity index (χ0n) is 26.4. The summed E-state index contributed by atoms with van der Waals surface area (Å²) in [7, 11) is 1.52. The van der Waals surface area contributed by atoms with Gasteiger partial charge in [-0.2, -0.15) is 9.78 Å². The van der Waals surface area contributed by atoms with Gasteiger partial charge < -0.3 is 10.0 Å². The number of carbonyl (C=O) groups is 2. The molecule has 15 heteroatoms. The van der Waals surface area contributed by atoms with E-state index in [4.69, 9.17) is 21.5 Å². The number of likely N-dealkylation sites (tertiary alicyclic amines) is 1. The summed E-state index contributed by atoms with van der Waals surface area (Å²) in [6, 6.07) is 10.2. The molecule has 3 fully saturated rings. The van der Waals surface area contributed by atoms with Crippen molar-refractivity contribution in [3.63, 3.8) is 0 Å². The van der Waals surface area contributed by atoms with Gasteiger partial charge in [0.1, 0.15) is 19.5 Å². The Kier molecular flexibility index (Phi) is 7.62. The number of carboxylic acids is 1. The third-order valence-electron chi connectivity index (χ3n) is 10.3. The topological polar surface area (TPSA) is 145 Å².